The molecule has 0 aromatic heterocycles. The second-order valence-electron chi connectivity index (χ2n) is 8.71. The van der Waals surface area contributed by atoms with Gasteiger partial charge < -0.3 is 25.2 Å². The number of carboxylic acids is 1. The number of anilines is 2. The number of rotatable bonds is 2. The molecule has 1 aliphatic carbocycles. The minimum atomic E-state index is -0.995. The number of Topliss-reactive ketones (excluding diaryl/α,β-unsaturated/α-hetero) is 1. The van der Waals surface area contributed by atoms with Crippen molar-refractivity contribution in [1.82, 2.24) is 0 Å². The molecule has 0 spiro atoms. The van der Waals surface area contributed by atoms with Gasteiger partial charge in [-0.15, -0.1) is 0 Å². The Morgan fingerprint density at radius 1 is 1.07 bits per heavy atom. The Hall–Kier alpha value is -3.48. The van der Waals surface area contributed by atoms with E-state index in [1.54, 1.807) is 18.2 Å². The number of hydrogen-bond acceptors (Lipinski definition) is 6. The summed E-state index contributed by atoms with van der Waals surface area (Å²) in [6.45, 7) is 4.32. The minimum Gasteiger partial charge on any atom is -0.478 e. The summed E-state index contributed by atoms with van der Waals surface area (Å²) >= 11 is 0. The number of hydrogen-bond donors (Lipinski definition) is 3. The van der Waals surface area contributed by atoms with Crippen LogP contribution in [0.2, 0.25) is 0 Å². The summed E-state index contributed by atoms with van der Waals surface area (Å²) in [6.07, 6.45) is 1.14. The summed E-state index contributed by atoms with van der Waals surface area (Å²) in [5, 5.41) is 16.2. The van der Waals surface area contributed by atoms with Crippen LogP contribution in [0, 0.1) is 5.41 Å². The first kappa shape index (κ1) is 18.5. The molecule has 3 N–H and O–H groups in total. The lowest BCUT2D eigenvalue weighted by molar-refractivity contribution is -0.118. The maximum absolute atomic E-state index is 13.3. The van der Waals surface area contributed by atoms with Crippen LogP contribution in [0.25, 0.3) is 0 Å². The summed E-state index contributed by atoms with van der Waals surface area (Å²) in [6, 6.07) is 10.2. The van der Waals surface area contributed by atoms with Crippen LogP contribution in [-0.4, -0.2) is 23.7 Å². The maximum atomic E-state index is 13.3. The molecule has 0 bridgehead atoms. The van der Waals surface area contributed by atoms with Crippen molar-refractivity contribution < 1.29 is 24.2 Å². The summed E-state index contributed by atoms with van der Waals surface area (Å²) in [5.41, 5.74) is 3.79. The van der Waals surface area contributed by atoms with Crippen LogP contribution in [0.3, 0.4) is 0 Å². The molecule has 0 saturated carbocycles. The molecule has 0 unspecified atom stereocenters. The standard InChI is InChI=1S/C23H22N2O5/c1-23(2)9-16-20(17(26)10-23)21(12-4-6-18-19(8-12)30-11-29-18)25-14-5-3-13(22(27)28)7-15(14)24-16/h3-8,21,24-25H,9-11H2,1-2H3,(H,27,28)/t21-/m1/s1. The monoisotopic (exact) mass is 406 g/mol. The molecule has 2 aromatic rings. The lowest BCUT2D eigenvalue weighted by Gasteiger charge is -2.34. The maximum Gasteiger partial charge on any atom is 0.335 e. The fourth-order valence-electron chi connectivity index (χ4n) is 4.42. The number of ketones is 1. The largest absolute Gasteiger partial charge is 0.478 e. The van der Waals surface area contributed by atoms with Crippen molar-refractivity contribution in [2.75, 3.05) is 17.4 Å². The zero-order chi connectivity index (χ0) is 21.0. The Labute approximate surface area is 173 Å². The van der Waals surface area contributed by atoms with E-state index in [4.69, 9.17) is 9.47 Å². The summed E-state index contributed by atoms with van der Waals surface area (Å²) < 4.78 is 11.0. The number of ether oxygens (including phenoxy) is 2. The number of allylic oxidation sites excluding steroid dienone is 1. The van der Waals surface area contributed by atoms with E-state index >= 15 is 0 Å². The molecule has 1 atom stereocenters. The summed E-state index contributed by atoms with van der Waals surface area (Å²) in [4.78, 5) is 24.7. The van der Waals surface area contributed by atoms with Gasteiger partial charge in [0.25, 0.3) is 0 Å². The van der Waals surface area contributed by atoms with Gasteiger partial charge in [-0.05, 0) is 47.7 Å². The molecular formula is C23H22N2O5. The predicted molar refractivity (Wildman–Crippen MR) is 111 cm³/mol. The Morgan fingerprint density at radius 3 is 2.67 bits per heavy atom. The number of aromatic carboxylic acids is 1. The molecule has 3 aliphatic rings. The van der Waals surface area contributed by atoms with E-state index in [0.29, 0.717) is 35.6 Å². The molecule has 7 nitrogen and oxygen atoms in total. The van der Waals surface area contributed by atoms with Gasteiger partial charge in [0, 0.05) is 17.7 Å². The first-order chi connectivity index (χ1) is 14.3. The van der Waals surface area contributed by atoms with Gasteiger partial charge in [-0.3, -0.25) is 4.79 Å². The van der Waals surface area contributed by atoms with Crippen molar-refractivity contribution in [3.05, 3.63) is 58.8 Å². The van der Waals surface area contributed by atoms with E-state index < -0.39 is 5.97 Å². The van der Waals surface area contributed by atoms with Crippen LogP contribution in [0.4, 0.5) is 11.4 Å². The molecule has 30 heavy (non-hydrogen) atoms. The average Bonchev–Trinajstić information content (AvgIpc) is 3.07. The van der Waals surface area contributed by atoms with Crippen molar-refractivity contribution in [2.24, 2.45) is 5.41 Å². The SMILES string of the molecule is CC1(C)CC(=O)C2=C(C1)Nc1cc(C(=O)O)ccc1N[C@@H]2c1ccc2c(c1)OCO2. The highest BCUT2D eigenvalue weighted by Crippen LogP contribution is 2.46. The third-order valence-corrected chi connectivity index (χ3v) is 5.79. The van der Waals surface area contributed by atoms with Crippen molar-refractivity contribution in [3.8, 4) is 11.5 Å². The van der Waals surface area contributed by atoms with Gasteiger partial charge in [-0.2, -0.15) is 0 Å². The Bertz CT molecular complexity index is 1120. The van der Waals surface area contributed by atoms with Gasteiger partial charge in [-0.25, -0.2) is 4.79 Å². The summed E-state index contributed by atoms with van der Waals surface area (Å²) in [7, 11) is 0. The van der Waals surface area contributed by atoms with E-state index in [1.807, 2.05) is 18.2 Å². The first-order valence-electron chi connectivity index (χ1n) is 9.87. The minimum absolute atomic E-state index is 0.0789. The first-order valence-corrected chi connectivity index (χ1v) is 9.87. The third-order valence-electron chi connectivity index (χ3n) is 5.79. The topological polar surface area (TPSA) is 96.9 Å². The lowest BCUT2D eigenvalue weighted by Crippen LogP contribution is -2.31. The molecule has 154 valence electrons. The Balaban J connectivity index is 1.66. The number of carbonyl (C=O) groups excluding carboxylic acids is 1. The van der Waals surface area contributed by atoms with E-state index in [-0.39, 0.29) is 29.6 Å². The lowest BCUT2D eigenvalue weighted by atomic mass is 9.73. The van der Waals surface area contributed by atoms with Crippen molar-refractivity contribution >= 4 is 23.1 Å². The molecule has 0 saturated heterocycles. The number of nitrogens with one attached hydrogen (secondary N) is 2. The Kier molecular flexibility index (Phi) is 4.03. The van der Waals surface area contributed by atoms with Crippen molar-refractivity contribution in [1.29, 1.82) is 0 Å². The quantitative estimate of drug-likeness (QED) is 0.683. The molecule has 0 amide bonds. The number of benzene rings is 2. The van der Waals surface area contributed by atoms with E-state index in [1.165, 1.54) is 0 Å². The van der Waals surface area contributed by atoms with Crippen molar-refractivity contribution in [2.45, 2.75) is 32.7 Å². The third kappa shape index (κ3) is 3.07. The van der Waals surface area contributed by atoms with E-state index in [0.717, 1.165) is 16.9 Å². The highest BCUT2D eigenvalue weighted by Gasteiger charge is 2.39. The summed E-state index contributed by atoms with van der Waals surface area (Å²) in [5.74, 6) is 0.418. The highest BCUT2D eigenvalue weighted by atomic mass is 16.7. The number of carboxylic acid groups (broad SMARTS) is 1. The zero-order valence-corrected chi connectivity index (χ0v) is 16.7. The molecule has 2 aliphatic heterocycles. The number of fused-ring (bicyclic) bond motifs is 2. The van der Waals surface area contributed by atoms with Crippen LogP contribution in [-0.2, 0) is 4.79 Å². The van der Waals surface area contributed by atoms with Crippen molar-refractivity contribution in [3.63, 3.8) is 0 Å². The Morgan fingerprint density at radius 2 is 1.87 bits per heavy atom. The van der Waals surface area contributed by atoms with Gasteiger partial charge >= 0.3 is 5.97 Å². The highest BCUT2D eigenvalue weighted by molar-refractivity contribution is 6.01. The normalized spacial score (nSPS) is 21.1. The molecular weight excluding hydrogens is 384 g/mol. The van der Waals surface area contributed by atoms with Crippen LogP contribution in [0.1, 0.15) is 48.7 Å². The molecule has 0 fully saturated rings. The van der Waals surface area contributed by atoms with Gasteiger partial charge in [0.2, 0.25) is 6.79 Å². The number of carbonyl (C=O) groups is 2. The van der Waals surface area contributed by atoms with E-state index in [2.05, 4.69) is 24.5 Å². The molecule has 0 radical (unpaired) electrons. The molecule has 2 heterocycles. The molecule has 2 aromatic carbocycles. The zero-order valence-electron chi connectivity index (χ0n) is 16.7. The smallest absolute Gasteiger partial charge is 0.335 e. The predicted octanol–water partition coefficient (Wildman–Crippen LogP) is 4.34. The fraction of sp³-hybridized carbons (Fsp3) is 0.304. The van der Waals surface area contributed by atoms with Gasteiger partial charge in [0.15, 0.2) is 17.3 Å². The second-order valence-corrected chi connectivity index (χ2v) is 8.71. The van der Waals surface area contributed by atoms with Crippen LogP contribution < -0.4 is 20.1 Å². The molecule has 5 rings (SSSR count). The van der Waals surface area contributed by atoms with Crippen LogP contribution >= 0.6 is 0 Å². The van der Waals surface area contributed by atoms with Gasteiger partial charge in [0.1, 0.15) is 0 Å². The van der Waals surface area contributed by atoms with Crippen LogP contribution in [0.5, 0.6) is 11.5 Å². The molecule has 7 heteroatoms. The van der Waals surface area contributed by atoms with Crippen LogP contribution in [0.15, 0.2) is 47.7 Å². The van der Waals surface area contributed by atoms with Gasteiger partial charge in [0.05, 0.1) is 23.0 Å². The second kappa shape index (κ2) is 6.52. The fourth-order valence-corrected chi connectivity index (χ4v) is 4.42. The average molecular weight is 406 g/mol. The van der Waals surface area contributed by atoms with Gasteiger partial charge in [-0.1, -0.05) is 19.9 Å². The van der Waals surface area contributed by atoms with E-state index in [9.17, 15) is 14.7 Å².